The smallest absolute Gasteiger partial charge is 0.185 e. The van der Waals surface area contributed by atoms with Crippen LogP contribution < -0.4 is 0 Å². The minimum Gasteiger partial charge on any atom is -0.475 e. The van der Waals surface area contributed by atoms with Gasteiger partial charge in [0.1, 0.15) is 11.3 Å². The zero-order valence-electron chi connectivity index (χ0n) is 13.6. The fourth-order valence-electron chi connectivity index (χ4n) is 1.40. The van der Waals surface area contributed by atoms with Gasteiger partial charge in [0, 0.05) is 19.4 Å². The summed E-state index contributed by atoms with van der Waals surface area (Å²) in [4.78, 5) is 18.4. The van der Waals surface area contributed by atoms with Crippen LogP contribution in [0, 0.1) is 5.92 Å². The van der Waals surface area contributed by atoms with Crippen LogP contribution in [-0.2, 0) is 9.53 Å². The number of allylic oxidation sites excluding steroid dienone is 1. The third kappa shape index (κ3) is 8.54. The Morgan fingerprint density at radius 3 is 2.21 bits per heavy atom. The summed E-state index contributed by atoms with van der Waals surface area (Å²) in [6.45, 7) is 12.1. The first kappa shape index (κ1) is 17.8. The van der Waals surface area contributed by atoms with Crippen molar-refractivity contribution < 1.29 is 9.53 Å². The van der Waals surface area contributed by atoms with E-state index in [2.05, 4.69) is 4.99 Å². The summed E-state index contributed by atoms with van der Waals surface area (Å²) in [5.41, 5.74) is 0.173. The predicted molar refractivity (Wildman–Crippen MR) is 80.4 cm³/mol. The molecular formula is C15H28N2O2. The van der Waals surface area contributed by atoms with Crippen LogP contribution in [0.1, 0.15) is 41.5 Å². The standard InChI is InChI=1S/C15H28N2O2/c1-11(2)14(18)13(9-10-17(7)8)16-12(3)19-15(4,5)6/h9,11H,10H2,1-8H3/b13-9-,16-12?. The van der Waals surface area contributed by atoms with Crippen LogP contribution in [0.4, 0.5) is 0 Å². The van der Waals surface area contributed by atoms with Crippen LogP contribution >= 0.6 is 0 Å². The number of likely N-dealkylation sites (N-methyl/N-ethyl adjacent to an activating group) is 1. The number of hydrogen-bond acceptors (Lipinski definition) is 4. The Morgan fingerprint density at radius 1 is 1.32 bits per heavy atom. The van der Waals surface area contributed by atoms with E-state index in [0.717, 1.165) is 0 Å². The van der Waals surface area contributed by atoms with Crippen LogP contribution in [0.2, 0.25) is 0 Å². The van der Waals surface area contributed by atoms with Gasteiger partial charge >= 0.3 is 0 Å². The monoisotopic (exact) mass is 268 g/mol. The molecule has 0 saturated carbocycles. The number of nitrogens with zero attached hydrogens (tertiary/aromatic N) is 2. The Labute approximate surface area is 117 Å². The highest BCUT2D eigenvalue weighted by Crippen LogP contribution is 2.12. The molecule has 0 aliphatic carbocycles. The first-order valence-corrected chi connectivity index (χ1v) is 6.66. The van der Waals surface area contributed by atoms with Gasteiger partial charge < -0.3 is 9.64 Å². The van der Waals surface area contributed by atoms with Crippen LogP contribution in [0.5, 0.6) is 0 Å². The van der Waals surface area contributed by atoms with Crippen LogP contribution in [0.3, 0.4) is 0 Å². The highest BCUT2D eigenvalue weighted by atomic mass is 16.5. The molecule has 0 saturated heterocycles. The molecule has 0 N–H and O–H groups in total. The molecule has 4 heteroatoms. The molecule has 0 heterocycles. The van der Waals surface area contributed by atoms with Crippen molar-refractivity contribution in [3.05, 3.63) is 11.8 Å². The Hall–Kier alpha value is -1.16. The molecule has 0 aliphatic heterocycles. The lowest BCUT2D eigenvalue weighted by molar-refractivity contribution is -0.118. The fraction of sp³-hybridized carbons (Fsp3) is 0.733. The Balaban J connectivity index is 5.10. The molecule has 4 nitrogen and oxygen atoms in total. The van der Waals surface area contributed by atoms with Gasteiger partial charge in [-0.1, -0.05) is 13.8 Å². The minimum atomic E-state index is -0.304. The molecule has 0 atom stereocenters. The normalized spacial score (nSPS) is 14.2. The van der Waals surface area contributed by atoms with Crippen molar-refractivity contribution in [1.29, 1.82) is 0 Å². The molecule has 0 unspecified atom stereocenters. The van der Waals surface area contributed by atoms with Crippen LogP contribution in [-0.4, -0.2) is 42.8 Å². The predicted octanol–water partition coefficient (Wildman–Crippen LogP) is 2.89. The molecule has 0 spiro atoms. The van der Waals surface area contributed by atoms with Gasteiger partial charge in [0.05, 0.1) is 0 Å². The molecule has 0 rings (SSSR count). The number of hydrogen-bond donors (Lipinski definition) is 0. The maximum absolute atomic E-state index is 12.1. The molecule has 0 aromatic heterocycles. The quantitative estimate of drug-likeness (QED) is 0.437. The molecule has 0 fully saturated rings. The largest absolute Gasteiger partial charge is 0.475 e. The lowest BCUT2D eigenvalue weighted by Crippen LogP contribution is -2.23. The van der Waals surface area contributed by atoms with Gasteiger partial charge in [-0.15, -0.1) is 0 Å². The second-order valence-electron chi connectivity index (χ2n) is 6.22. The third-order valence-electron chi connectivity index (χ3n) is 2.16. The van der Waals surface area contributed by atoms with E-state index in [9.17, 15) is 4.79 Å². The number of carbonyl (C=O) groups excluding carboxylic acids is 1. The summed E-state index contributed by atoms with van der Waals surface area (Å²) in [5.74, 6) is 0.491. The van der Waals surface area contributed by atoms with Gasteiger partial charge in [-0.25, -0.2) is 4.99 Å². The Morgan fingerprint density at radius 2 is 1.84 bits per heavy atom. The van der Waals surface area contributed by atoms with Crippen LogP contribution in [0.15, 0.2) is 16.8 Å². The molecule has 0 aliphatic rings. The lowest BCUT2D eigenvalue weighted by atomic mass is 10.1. The van der Waals surface area contributed by atoms with Gasteiger partial charge in [0.2, 0.25) is 0 Å². The van der Waals surface area contributed by atoms with Gasteiger partial charge in [-0.3, -0.25) is 4.79 Å². The van der Waals surface area contributed by atoms with Crippen molar-refractivity contribution in [3.8, 4) is 0 Å². The number of ether oxygens (including phenoxy) is 1. The third-order valence-corrected chi connectivity index (χ3v) is 2.16. The molecule has 0 aromatic rings. The van der Waals surface area contributed by atoms with Crippen molar-refractivity contribution in [2.45, 2.75) is 47.1 Å². The summed E-state index contributed by atoms with van der Waals surface area (Å²) >= 11 is 0. The number of aliphatic imine (C=N–C) groups is 1. The minimum absolute atomic E-state index is 0.0405. The summed E-state index contributed by atoms with van der Waals surface area (Å²) in [5, 5.41) is 0. The molecule has 0 amide bonds. The maximum atomic E-state index is 12.1. The van der Waals surface area contributed by atoms with Gasteiger partial charge in [0.15, 0.2) is 11.7 Å². The summed E-state index contributed by atoms with van der Waals surface area (Å²) in [7, 11) is 3.91. The van der Waals surface area contributed by atoms with E-state index >= 15 is 0 Å². The Kier molecular flexibility index (Phi) is 6.98. The van der Waals surface area contributed by atoms with E-state index in [4.69, 9.17) is 4.74 Å². The van der Waals surface area contributed by atoms with E-state index in [1.54, 1.807) is 6.92 Å². The summed E-state index contributed by atoms with van der Waals surface area (Å²) in [6, 6.07) is 0. The molecule has 110 valence electrons. The summed E-state index contributed by atoms with van der Waals surface area (Å²) < 4.78 is 5.65. The van der Waals surface area contributed by atoms with E-state index in [1.165, 1.54) is 0 Å². The fourth-order valence-corrected chi connectivity index (χ4v) is 1.40. The first-order chi connectivity index (χ1) is 8.53. The number of carbonyl (C=O) groups is 1. The molecule has 0 aromatic carbocycles. The van der Waals surface area contributed by atoms with Gasteiger partial charge in [0.25, 0.3) is 0 Å². The average molecular weight is 268 g/mol. The Bertz CT molecular complexity index is 361. The van der Waals surface area contributed by atoms with Crippen molar-refractivity contribution in [2.24, 2.45) is 10.9 Å². The summed E-state index contributed by atoms with van der Waals surface area (Å²) in [6.07, 6.45) is 1.85. The lowest BCUT2D eigenvalue weighted by Gasteiger charge is -2.21. The molecule has 19 heavy (non-hydrogen) atoms. The highest BCUT2D eigenvalue weighted by molar-refractivity contribution is 5.98. The first-order valence-electron chi connectivity index (χ1n) is 6.66. The number of Topliss-reactive ketones (excluding diaryl/α,β-unsaturated/α-hetero) is 1. The zero-order chi connectivity index (χ0) is 15.2. The van der Waals surface area contributed by atoms with Crippen molar-refractivity contribution >= 4 is 11.7 Å². The van der Waals surface area contributed by atoms with Gasteiger partial charge in [-0.2, -0.15) is 0 Å². The maximum Gasteiger partial charge on any atom is 0.185 e. The van der Waals surface area contributed by atoms with E-state index in [1.807, 2.05) is 59.7 Å². The molecular weight excluding hydrogens is 240 g/mol. The molecule has 0 bridgehead atoms. The van der Waals surface area contributed by atoms with Gasteiger partial charge in [-0.05, 0) is 40.9 Å². The highest BCUT2D eigenvalue weighted by Gasteiger charge is 2.16. The second-order valence-corrected chi connectivity index (χ2v) is 6.22. The zero-order valence-corrected chi connectivity index (χ0v) is 13.6. The molecule has 0 radical (unpaired) electrons. The number of ketones is 1. The number of rotatable bonds is 5. The topological polar surface area (TPSA) is 41.9 Å². The van der Waals surface area contributed by atoms with Crippen molar-refractivity contribution in [2.75, 3.05) is 20.6 Å². The van der Waals surface area contributed by atoms with E-state index in [-0.39, 0.29) is 17.3 Å². The second kappa shape index (κ2) is 7.43. The average Bonchev–Trinajstić information content (AvgIpc) is 2.20. The SMILES string of the molecule is CC(=N/C(=C\CN(C)C)C(=O)C(C)C)OC(C)(C)C. The van der Waals surface area contributed by atoms with Crippen molar-refractivity contribution in [1.82, 2.24) is 4.90 Å². The van der Waals surface area contributed by atoms with E-state index in [0.29, 0.717) is 18.1 Å². The van der Waals surface area contributed by atoms with Crippen LogP contribution in [0.25, 0.3) is 0 Å². The van der Waals surface area contributed by atoms with E-state index < -0.39 is 0 Å². The van der Waals surface area contributed by atoms with Crippen molar-refractivity contribution in [3.63, 3.8) is 0 Å².